The van der Waals surface area contributed by atoms with Gasteiger partial charge in [0.15, 0.2) is 0 Å². The van der Waals surface area contributed by atoms with Gasteiger partial charge in [-0.25, -0.2) is 9.13 Å². The SMILES string of the molecule is CCCCc1n(CCCC)cc[n+]1CC(C)C(=O)[O-]. The van der Waals surface area contributed by atoms with Crippen molar-refractivity contribution in [1.29, 1.82) is 0 Å². The van der Waals surface area contributed by atoms with E-state index in [0.29, 0.717) is 6.54 Å². The average Bonchev–Trinajstić information content (AvgIpc) is 2.76. The molecule has 0 aliphatic heterocycles. The fourth-order valence-corrected chi connectivity index (χ4v) is 2.19. The Morgan fingerprint density at radius 2 is 2.05 bits per heavy atom. The Morgan fingerprint density at radius 3 is 2.63 bits per heavy atom. The van der Waals surface area contributed by atoms with Gasteiger partial charge in [-0.15, -0.1) is 0 Å². The molecule has 108 valence electrons. The van der Waals surface area contributed by atoms with Crippen LogP contribution in [0.5, 0.6) is 0 Å². The van der Waals surface area contributed by atoms with Gasteiger partial charge in [-0.1, -0.05) is 33.6 Å². The number of imidazole rings is 1. The van der Waals surface area contributed by atoms with Gasteiger partial charge in [-0.2, -0.15) is 0 Å². The van der Waals surface area contributed by atoms with Crippen molar-refractivity contribution in [3.63, 3.8) is 0 Å². The van der Waals surface area contributed by atoms with Gasteiger partial charge in [0.05, 0.1) is 13.1 Å². The summed E-state index contributed by atoms with van der Waals surface area (Å²) in [4.78, 5) is 10.9. The third kappa shape index (κ3) is 4.69. The number of carboxylic acids is 1. The number of aryl methyl sites for hydroxylation is 1. The third-order valence-corrected chi connectivity index (χ3v) is 3.47. The molecule has 0 aliphatic carbocycles. The van der Waals surface area contributed by atoms with Crippen LogP contribution in [0.2, 0.25) is 0 Å². The van der Waals surface area contributed by atoms with Crippen LogP contribution in [0.3, 0.4) is 0 Å². The molecular weight excluding hydrogens is 240 g/mol. The second kappa shape index (κ2) is 7.97. The smallest absolute Gasteiger partial charge is 0.256 e. The summed E-state index contributed by atoms with van der Waals surface area (Å²) in [5.41, 5.74) is 0. The fraction of sp³-hybridized carbons (Fsp3) is 0.733. The van der Waals surface area contributed by atoms with E-state index in [1.54, 1.807) is 6.92 Å². The molecule has 19 heavy (non-hydrogen) atoms. The van der Waals surface area contributed by atoms with E-state index in [1.807, 2.05) is 6.20 Å². The highest BCUT2D eigenvalue weighted by Crippen LogP contribution is 2.06. The Hall–Kier alpha value is -1.32. The van der Waals surface area contributed by atoms with Gasteiger partial charge in [-0.3, -0.25) is 0 Å². The molecular formula is C15H26N2O2. The zero-order chi connectivity index (χ0) is 14.3. The maximum atomic E-state index is 10.9. The molecule has 0 amide bonds. The lowest BCUT2D eigenvalue weighted by Gasteiger charge is -2.11. The van der Waals surface area contributed by atoms with Crippen molar-refractivity contribution in [2.45, 2.75) is 66.0 Å². The van der Waals surface area contributed by atoms with Crippen LogP contribution < -0.4 is 9.67 Å². The summed E-state index contributed by atoms with van der Waals surface area (Å²) in [7, 11) is 0. The standard InChI is InChI=1S/C15H26N2O2/c1-4-6-8-14-16(9-7-5-2)10-11-17(14)12-13(3)15(18)19/h10-11,13H,4-9,12H2,1-3H3. The summed E-state index contributed by atoms with van der Waals surface area (Å²) in [5, 5.41) is 10.9. The number of aromatic nitrogens is 2. The molecule has 1 atom stereocenters. The van der Waals surface area contributed by atoms with Crippen LogP contribution in [-0.2, 0) is 24.3 Å². The predicted molar refractivity (Wildman–Crippen MR) is 72.3 cm³/mol. The van der Waals surface area contributed by atoms with Gasteiger partial charge in [0, 0.05) is 18.3 Å². The van der Waals surface area contributed by atoms with Crippen molar-refractivity contribution < 1.29 is 14.5 Å². The van der Waals surface area contributed by atoms with Gasteiger partial charge >= 0.3 is 0 Å². The predicted octanol–water partition coefficient (Wildman–Crippen LogP) is 1.30. The molecule has 0 fully saturated rings. The summed E-state index contributed by atoms with van der Waals surface area (Å²) in [5.74, 6) is -0.189. The average molecular weight is 266 g/mol. The van der Waals surface area contributed by atoms with Gasteiger partial charge in [-0.05, 0) is 12.8 Å². The molecule has 0 radical (unpaired) electrons. The van der Waals surface area contributed by atoms with Crippen LogP contribution >= 0.6 is 0 Å². The second-order valence-corrected chi connectivity index (χ2v) is 5.24. The molecule has 1 aromatic heterocycles. The minimum absolute atomic E-state index is 0.451. The molecule has 1 rings (SSSR count). The molecule has 1 aromatic rings. The summed E-state index contributed by atoms with van der Waals surface area (Å²) < 4.78 is 4.34. The summed E-state index contributed by atoms with van der Waals surface area (Å²) in [6.45, 7) is 7.58. The maximum absolute atomic E-state index is 10.9. The van der Waals surface area contributed by atoms with E-state index in [0.717, 1.165) is 32.2 Å². The minimum Gasteiger partial charge on any atom is -0.550 e. The molecule has 4 nitrogen and oxygen atoms in total. The Labute approximate surface area is 116 Å². The molecule has 1 heterocycles. The van der Waals surface area contributed by atoms with Gasteiger partial charge in [0.25, 0.3) is 5.82 Å². The van der Waals surface area contributed by atoms with Crippen LogP contribution in [0.25, 0.3) is 0 Å². The number of unbranched alkanes of at least 4 members (excludes halogenated alkanes) is 2. The van der Waals surface area contributed by atoms with Crippen molar-refractivity contribution in [3.05, 3.63) is 18.2 Å². The highest BCUT2D eigenvalue weighted by Gasteiger charge is 2.18. The number of nitrogens with zero attached hydrogens (tertiary/aromatic N) is 2. The quantitative estimate of drug-likeness (QED) is 0.633. The molecule has 1 unspecified atom stereocenters. The Kier molecular flexibility index (Phi) is 6.60. The minimum atomic E-state index is -0.977. The van der Waals surface area contributed by atoms with E-state index in [4.69, 9.17) is 0 Å². The first-order valence-electron chi connectivity index (χ1n) is 7.38. The van der Waals surface area contributed by atoms with E-state index in [-0.39, 0.29) is 0 Å². The van der Waals surface area contributed by atoms with Gasteiger partial charge < -0.3 is 9.90 Å². The molecule has 0 aromatic carbocycles. The van der Waals surface area contributed by atoms with E-state index in [1.165, 1.54) is 12.2 Å². The van der Waals surface area contributed by atoms with Crippen LogP contribution in [0.1, 0.15) is 52.3 Å². The van der Waals surface area contributed by atoms with Gasteiger partial charge in [0.2, 0.25) is 0 Å². The molecule has 0 saturated heterocycles. The molecule has 0 aliphatic rings. The number of hydrogen-bond acceptors (Lipinski definition) is 2. The number of rotatable bonds is 9. The van der Waals surface area contributed by atoms with Crippen LogP contribution in [-0.4, -0.2) is 10.5 Å². The van der Waals surface area contributed by atoms with Crippen molar-refractivity contribution in [3.8, 4) is 0 Å². The lowest BCUT2D eigenvalue weighted by molar-refractivity contribution is -0.708. The van der Waals surface area contributed by atoms with Crippen LogP contribution in [0.4, 0.5) is 0 Å². The zero-order valence-electron chi connectivity index (χ0n) is 12.4. The molecule has 4 heteroatoms. The van der Waals surface area contributed by atoms with Gasteiger partial charge in [0.1, 0.15) is 12.4 Å². The fourth-order valence-electron chi connectivity index (χ4n) is 2.19. The van der Waals surface area contributed by atoms with Crippen LogP contribution in [0.15, 0.2) is 12.4 Å². The molecule has 0 spiro atoms. The largest absolute Gasteiger partial charge is 0.550 e. The maximum Gasteiger partial charge on any atom is 0.256 e. The third-order valence-electron chi connectivity index (χ3n) is 3.47. The first-order valence-corrected chi connectivity index (χ1v) is 7.38. The highest BCUT2D eigenvalue weighted by molar-refractivity contribution is 5.66. The monoisotopic (exact) mass is 266 g/mol. The zero-order valence-corrected chi connectivity index (χ0v) is 12.4. The van der Waals surface area contributed by atoms with Crippen molar-refractivity contribution in [2.75, 3.05) is 0 Å². The summed E-state index contributed by atoms with van der Waals surface area (Å²) in [6.07, 6.45) is 9.69. The molecule has 0 bridgehead atoms. The van der Waals surface area contributed by atoms with Crippen molar-refractivity contribution >= 4 is 5.97 Å². The first kappa shape index (κ1) is 15.7. The molecule has 0 N–H and O–H groups in total. The number of hydrogen-bond donors (Lipinski definition) is 0. The first-order chi connectivity index (χ1) is 9.10. The lowest BCUT2D eigenvalue weighted by atomic mass is 10.2. The summed E-state index contributed by atoms with van der Waals surface area (Å²) >= 11 is 0. The molecule has 0 saturated carbocycles. The normalized spacial score (nSPS) is 12.6. The number of carbonyl (C=O) groups is 1. The number of carboxylic acid groups (broad SMARTS) is 1. The van der Waals surface area contributed by atoms with Crippen molar-refractivity contribution in [1.82, 2.24) is 4.57 Å². The summed E-state index contributed by atoms with van der Waals surface area (Å²) in [6, 6.07) is 0. The van der Waals surface area contributed by atoms with E-state index < -0.39 is 11.9 Å². The van der Waals surface area contributed by atoms with E-state index >= 15 is 0 Å². The van der Waals surface area contributed by atoms with Crippen molar-refractivity contribution in [2.24, 2.45) is 5.92 Å². The number of aliphatic carboxylic acids is 1. The Balaban J connectivity index is 2.83. The van der Waals surface area contributed by atoms with Crippen LogP contribution in [0, 0.1) is 5.92 Å². The van der Waals surface area contributed by atoms with E-state index in [2.05, 4.69) is 29.2 Å². The second-order valence-electron chi connectivity index (χ2n) is 5.24. The Morgan fingerprint density at radius 1 is 1.37 bits per heavy atom. The highest BCUT2D eigenvalue weighted by atomic mass is 16.4. The Bertz CT molecular complexity index is 399. The lowest BCUT2D eigenvalue weighted by Crippen LogP contribution is -2.45. The topological polar surface area (TPSA) is 48.9 Å². The number of carbonyl (C=O) groups excluding carboxylic acids is 1. The van der Waals surface area contributed by atoms with E-state index in [9.17, 15) is 9.90 Å².